The Morgan fingerprint density at radius 2 is 2.00 bits per heavy atom. The van der Waals surface area contributed by atoms with E-state index in [9.17, 15) is 8.42 Å². The molecule has 2 aliphatic rings. The van der Waals surface area contributed by atoms with E-state index < -0.39 is 15.8 Å². The first kappa shape index (κ1) is 11.8. The quantitative estimate of drug-likeness (QED) is 0.733. The third kappa shape index (κ3) is 2.21. The fourth-order valence-electron chi connectivity index (χ4n) is 2.82. The molecule has 16 heavy (non-hydrogen) atoms. The minimum Gasteiger partial charge on any atom is -0.328 e. The van der Waals surface area contributed by atoms with Gasteiger partial charge in [-0.25, -0.2) is 12.7 Å². The summed E-state index contributed by atoms with van der Waals surface area (Å²) in [6.07, 6.45) is 2.93. The summed E-state index contributed by atoms with van der Waals surface area (Å²) in [5.41, 5.74) is 5.88. The van der Waals surface area contributed by atoms with Crippen LogP contribution in [0.25, 0.3) is 0 Å². The average molecular weight is 243 g/mol. The standard InChI is InChI=1S/C10H17N3O2S/c11-3-4-16(14,15)13-6-8-1-2-10(12)5-9(8)7-13/h8-10H,1-2,4-7,12H2/t8-,9+,10?/m1/s1. The van der Waals surface area contributed by atoms with Crippen molar-refractivity contribution in [2.75, 3.05) is 18.8 Å². The summed E-state index contributed by atoms with van der Waals surface area (Å²) < 4.78 is 24.9. The minimum atomic E-state index is -3.35. The van der Waals surface area contributed by atoms with Gasteiger partial charge < -0.3 is 5.73 Å². The summed E-state index contributed by atoms with van der Waals surface area (Å²) in [4.78, 5) is 0. The summed E-state index contributed by atoms with van der Waals surface area (Å²) in [6, 6.07) is 1.94. The Labute approximate surface area is 96.3 Å². The van der Waals surface area contributed by atoms with Crippen molar-refractivity contribution in [1.82, 2.24) is 4.31 Å². The Bertz CT molecular complexity index is 401. The molecule has 0 bridgehead atoms. The zero-order chi connectivity index (χ0) is 11.8. The lowest BCUT2D eigenvalue weighted by atomic mass is 9.79. The Morgan fingerprint density at radius 1 is 1.31 bits per heavy atom. The molecular weight excluding hydrogens is 226 g/mol. The molecule has 1 unspecified atom stereocenters. The fourth-order valence-corrected chi connectivity index (χ4v) is 4.01. The lowest BCUT2D eigenvalue weighted by molar-refractivity contribution is 0.271. The molecule has 0 aromatic rings. The van der Waals surface area contributed by atoms with Gasteiger partial charge in [-0.1, -0.05) is 0 Å². The van der Waals surface area contributed by atoms with Gasteiger partial charge in [0.15, 0.2) is 5.75 Å². The molecule has 3 atom stereocenters. The van der Waals surface area contributed by atoms with Gasteiger partial charge in [0.25, 0.3) is 0 Å². The summed E-state index contributed by atoms with van der Waals surface area (Å²) in [5, 5.41) is 8.49. The van der Waals surface area contributed by atoms with Gasteiger partial charge in [0.1, 0.15) is 0 Å². The summed E-state index contributed by atoms with van der Waals surface area (Å²) >= 11 is 0. The van der Waals surface area contributed by atoms with Crippen molar-refractivity contribution >= 4 is 10.0 Å². The number of hydrogen-bond donors (Lipinski definition) is 1. The van der Waals surface area contributed by atoms with Gasteiger partial charge in [-0.2, -0.15) is 5.26 Å². The van der Waals surface area contributed by atoms with Gasteiger partial charge in [0.05, 0.1) is 6.07 Å². The van der Waals surface area contributed by atoms with Crippen molar-refractivity contribution in [1.29, 1.82) is 5.26 Å². The second-order valence-electron chi connectivity index (χ2n) is 4.82. The molecule has 2 rings (SSSR count). The molecule has 0 aromatic carbocycles. The molecule has 1 aliphatic heterocycles. The normalized spacial score (nSPS) is 35.6. The molecule has 0 radical (unpaired) electrons. The van der Waals surface area contributed by atoms with Crippen LogP contribution in [0.2, 0.25) is 0 Å². The van der Waals surface area contributed by atoms with Crippen molar-refractivity contribution in [2.24, 2.45) is 17.6 Å². The Balaban J connectivity index is 2.05. The Morgan fingerprint density at radius 3 is 2.69 bits per heavy atom. The van der Waals surface area contributed by atoms with E-state index in [1.807, 2.05) is 0 Å². The molecule has 90 valence electrons. The van der Waals surface area contributed by atoms with Crippen LogP contribution in [0.5, 0.6) is 0 Å². The highest BCUT2D eigenvalue weighted by Crippen LogP contribution is 2.36. The molecule has 0 spiro atoms. The maximum atomic E-state index is 11.7. The van der Waals surface area contributed by atoms with Crippen molar-refractivity contribution < 1.29 is 8.42 Å². The molecule has 2 N–H and O–H groups in total. The predicted octanol–water partition coefficient (Wildman–Crippen LogP) is -0.101. The smallest absolute Gasteiger partial charge is 0.227 e. The summed E-state index contributed by atoms with van der Waals surface area (Å²) in [7, 11) is -3.35. The van der Waals surface area contributed by atoms with Gasteiger partial charge in [0.2, 0.25) is 10.0 Å². The summed E-state index contributed by atoms with van der Waals surface area (Å²) in [5.74, 6) is 0.448. The lowest BCUT2D eigenvalue weighted by Crippen LogP contribution is -2.32. The first-order valence-corrected chi connectivity index (χ1v) is 7.24. The van der Waals surface area contributed by atoms with Crippen LogP contribution in [0.4, 0.5) is 0 Å². The average Bonchev–Trinajstić information content (AvgIpc) is 2.61. The number of nitrogens with zero attached hydrogens (tertiary/aromatic N) is 2. The van der Waals surface area contributed by atoms with E-state index in [0.717, 1.165) is 19.3 Å². The topological polar surface area (TPSA) is 87.2 Å². The van der Waals surface area contributed by atoms with Crippen LogP contribution < -0.4 is 5.73 Å². The van der Waals surface area contributed by atoms with Crippen LogP contribution in [0.15, 0.2) is 0 Å². The maximum Gasteiger partial charge on any atom is 0.227 e. The van der Waals surface area contributed by atoms with E-state index in [4.69, 9.17) is 11.0 Å². The van der Waals surface area contributed by atoms with Gasteiger partial charge in [-0.15, -0.1) is 0 Å². The third-order valence-corrected chi connectivity index (χ3v) is 5.28. The molecule has 1 saturated carbocycles. The zero-order valence-electron chi connectivity index (χ0n) is 9.17. The van der Waals surface area contributed by atoms with E-state index in [2.05, 4.69) is 0 Å². The maximum absolute atomic E-state index is 11.7. The number of rotatable bonds is 2. The predicted molar refractivity (Wildman–Crippen MR) is 59.8 cm³/mol. The fraction of sp³-hybridized carbons (Fsp3) is 0.900. The molecular formula is C10H17N3O2S. The van der Waals surface area contributed by atoms with Crippen LogP contribution in [-0.2, 0) is 10.0 Å². The van der Waals surface area contributed by atoms with Gasteiger partial charge in [-0.05, 0) is 31.1 Å². The van der Waals surface area contributed by atoms with Crippen LogP contribution in [-0.4, -0.2) is 37.6 Å². The number of fused-ring (bicyclic) bond motifs is 1. The van der Waals surface area contributed by atoms with E-state index in [1.165, 1.54) is 4.31 Å². The first-order chi connectivity index (χ1) is 7.53. The van der Waals surface area contributed by atoms with E-state index in [0.29, 0.717) is 24.9 Å². The molecule has 6 heteroatoms. The van der Waals surface area contributed by atoms with E-state index >= 15 is 0 Å². The van der Waals surface area contributed by atoms with E-state index in [-0.39, 0.29) is 6.04 Å². The number of nitrogens with two attached hydrogens (primary N) is 1. The van der Waals surface area contributed by atoms with E-state index in [1.54, 1.807) is 6.07 Å². The summed E-state index contributed by atoms with van der Waals surface area (Å²) in [6.45, 7) is 1.14. The van der Waals surface area contributed by atoms with Gasteiger partial charge in [-0.3, -0.25) is 0 Å². The molecule has 1 aliphatic carbocycles. The molecule has 1 saturated heterocycles. The second kappa shape index (κ2) is 4.32. The van der Waals surface area contributed by atoms with Crippen LogP contribution in [0.1, 0.15) is 19.3 Å². The highest BCUT2D eigenvalue weighted by atomic mass is 32.2. The van der Waals surface area contributed by atoms with Crippen molar-refractivity contribution in [3.8, 4) is 6.07 Å². The largest absolute Gasteiger partial charge is 0.328 e. The highest BCUT2D eigenvalue weighted by Gasteiger charge is 2.40. The minimum absolute atomic E-state index is 0.222. The van der Waals surface area contributed by atoms with Crippen LogP contribution in [0.3, 0.4) is 0 Å². The molecule has 0 amide bonds. The van der Waals surface area contributed by atoms with Gasteiger partial charge >= 0.3 is 0 Å². The molecule has 1 heterocycles. The first-order valence-electron chi connectivity index (χ1n) is 5.63. The zero-order valence-corrected chi connectivity index (χ0v) is 9.99. The Hall–Kier alpha value is -0.640. The van der Waals surface area contributed by atoms with Crippen LogP contribution in [0, 0.1) is 23.2 Å². The lowest BCUT2D eigenvalue weighted by Gasteiger charge is -2.28. The number of hydrogen-bond acceptors (Lipinski definition) is 4. The van der Waals surface area contributed by atoms with Crippen LogP contribution >= 0.6 is 0 Å². The van der Waals surface area contributed by atoms with Crippen molar-refractivity contribution in [3.05, 3.63) is 0 Å². The number of nitriles is 1. The highest BCUT2D eigenvalue weighted by molar-refractivity contribution is 7.89. The monoisotopic (exact) mass is 243 g/mol. The molecule has 2 fully saturated rings. The van der Waals surface area contributed by atoms with Gasteiger partial charge in [0, 0.05) is 19.1 Å². The molecule has 5 nitrogen and oxygen atoms in total. The third-order valence-electron chi connectivity index (χ3n) is 3.70. The molecule has 0 aromatic heterocycles. The van der Waals surface area contributed by atoms with Crippen molar-refractivity contribution in [3.63, 3.8) is 0 Å². The van der Waals surface area contributed by atoms with Crippen molar-refractivity contribution in [2.45, 2.75) is 25.3 Å². The number of sulfonamides is 1. The second-order valence-corrected chi connectivity index (χ2v) is 6.79. The SMILES string of the molecule is N#CCS(=O)(=O)N1C[C@H]2CCC(N)C[C@H]2C1. The Kier molecular flexibility index (Phi) is 3.19.